The molecule has 1 atom stereocenters. The summed E-state index contributed by atoms with van der Waals surface area (Å²) in [4.78, 5) is 26.0. The highest BCUT2D eigenvalue weighted by Gasteiger charge is 2.84. The molecule has 4 rings (SSSR count). The largest absolute Gasteiger partial charge is 0.573 e. The van der Waals surface area contributed by atoms with E-state index < -0.39 is 58.1 Å². The summed E-state index contributed by atoms with van der Waals surface area (Å²) in [7, 11) is 0. The van der Waals surface area contributed by atoms with Crippen molar-refractivity contribution in [3.05, 3.63) is 54.1 Å². The van der Waals surface area contributed by atoms with Gasteiger partial charge in [0.2, 0.25) is 0 Å². The molecule has 1 unspecified atom stereocenters. The number of hydrogen-bond donors (Lipinski definition) is 0. The molecule has 3 aromatic rings. The Labute approximate surface area is 251 Å². The summed E-state index contributed by atoms with van der Waals surface area (Å²) in [6, 6.07) is 5.01. The molecule has 46 heavy (non-hydrogen) atoms. The number of alkyl halides is 12. The number of hydrogen-bond acceptors (Lipinski definition) is 7. The number of likely N-dealkylation sites (tertiary alicyclic amines) is 1. The van der Waals surface area contributed by atoms with E-state index in [1.807, 2.05) is 0 Å². The highest BCUT2D eigenvalue weighted by molar-refractivity contribution is 7.81. The van der Waals surface area contributed by atoms with E-state index in [9.17, 15) is 61.7 Å². The van der Waals surface area contributed by atoms with Crippen molar-refractivity contribution in [2.75, 3.05) is 13.1 Å². The number of aromatic nitrogens is 3. The molecule has 0 aliphatic carbocycles. The van der Waals surface area contributed by atoms with Gasteiger partial charge in [-0.2, -0.15) is 39.5 Å². The zero-order chi connectivity index (χ0) is 33.6. The molecule has 2 N–H and O–H groups in total. The first-order valence-electron chi connectivity index (χ1n) is 12.2. The van der Waals surface area contributed by atoms with Crippen LogP contribution >= 0.6 is 0 Å². The van der Waals surface area contributed by atoms with Gasteiger partial charge >= 0.3 is 29.6 Å². The highest BCUT2D eigenvalue weighted by Crippen LogP contribution is 2.54. The summed E-state index contributed by atoms with van der Waals surface area (Å²) in [5.74, 6) is -16.8. The molecule has 1 aromatic carbocycles. The van der Waals surface area contributed by atoms with Crippen molar-refractivity contribution >= 4 is 28.0 Å². The zero-order valence-electron chi connectivity index (χ0n) is 22.3. The Hall–Kier alpha value is -3.95. The fourth-order valence-electron chi connectivity index (χ4n) is 4.23. The second kappa shape index (κ2) is 12.7. The molecule has 1 saturated heterocycles. The van der Waals surface area contributed by atoms with Gasteiger partial charge in [0.25, 0.3) is 17.0 Å². The Balaban J connectivity index is 0.00000576. The lowest BCUT2D eigenvalue weighted by atomic mass is 9.92. The topological polar surface area (TPSA) is 126 Å². The number of piperidine rings is 1. The first-order chi connectivity index (χ1) is 20.7. The molecule has 0 radical (unpaired) electrons. The lowest BCUT2D eigenvalue weighted by Gasteiger charge is -2.32. The molecule has 22 heteroatoms. The number of halogens is 12. The van der Waals surface area contributed by atoms with Gasteiger partial charge in [-0.3, -0.25) is 4.79 Å². The van der Waals surface area contributed by atoms with Gasteiger partial charge in [-0.1, -0.05) is 0 Å². The van der Waals surface area contributed by atoms with Gasteiger partial charge in [0, 0.05) is 30.6 Å². The van der Waals surface area contributed by atoms with Gasteiger partial charge in [-0.05, 0) is 37.1 Å². The number of carbonyl (C=O) groups excluding carboxylic acids is 1. The van der Waals surface area contributed by atoms with Crippen LogP contribution in [0.15, 0.2) is 42.9 Å². The van der Waals surface area contributed by atoms with E-state index in [0.717, 1.165) is 36.7 Å². The smallest absolute Gasteiger partial charge is 0.412 e. The molecule has 1 aliphatic heterocycles. The van der Waals surface area contributed by atoms with Crippen LogP contribution < -0.4 is 8.92 Å². The minimum absolute atomic E-state index is 0. The van der Waals surface area contributed by atoms with Crippen LogP contribution in [0.5, 0.6) is 11.5 Å². The maximum absolute atomic E-state index is 13.9. The molecule has 0 bridgehead atoms. The van der Waals surface area contributed by atoms with Crippen molar-refractivity contribution in [3.63, 3.8) is 0 Å². The van der Waals surface area contributed by atoms with E-state index in [0.29, 0.717) is 6.20 Å². The standard InChI is InChI=1S/C24H16F12N4O4S.H2O/c25-20(26,22(29,30)31)21(27,28)23(32,33)45(42)44-15-9-16-18(37-10-15)17(39-11-38-16)12-5-7-40(8-6-12)19(41)13-1-3-14(4-2-13)43-24(34,35)36;/h1-4,9-12H,5-8H2;1H2. The summed E-state index contributed by atoms with van der Waals surface area (Å²) >= 11 is -4.76. The van der Waals surface area contributed by atoms with Gasteiger partial charge < -0.3 is 19.3 Å². The second-order valence-electron chi connectivity index (χ2n) is 9.42. The fraction of sp³-hybridized carbons (Fsp3) is 0.417. The van der Waals surface area contributed by atoms with E-state index in [1.54, 1.807) is 0 Å². The highest BCUT2D eigenvalue weighted by atomic mass is 32.2. The first kappa shape index (κ1) is 36.5. The quantitative estimate of drug-likeness (QED) is 0.281. The third-order valence-electron chi connectivity index (χ3n) is 6.48. The van der Waals surface area contributed by atoms with Gasteiger partial charge in [-0.15, -0.1) is 13.2 Å². The van der Waals surface area contributed by atoms with E-state index in [-0.39, 0.29) is 59.6 Å². The minimum atomic E-state index is -7.26. The minimum Gasteiger partial charge on any atom is -0.412 e. The Morgan fingerprint density at radius 3 is 1.96 bits per heavy atom. The van der Waals surface area contributed by atoms with Crippen molar-refractivity contribution in [2.45, 2.75) is 48.4 Å². The summed E-state index contributed by atoms with van der Waals surface area (Å²) in [6.45, 7) is 0.309. The number of amides is 1. The lowest BCUT2D eigenvalue weighted by Crippen LogP contribution is -2.62. The van der Waals surface area contributed by atoms with E-state index in [1.165, 1.54) is 4.90 Å². The Morgan fingerprint density at radius 2 is 1.41 bits per heavy atom. The summed E-state index contributed by atoms with van der Waals surface area (Å²) < 4.78 is 175. The third-order valence-corrected chi connectivity index (χ3v) is 7.50. The first-order valence-corrected chi connectivity index (χ1v) is 13.3. The molecule has 254 valence electrons. The van der Waals surface area contributed by atoms with Crippen LogP contribution in [0.25, 0.3) is 11.0 Å². The molecule has 0 saturated carbocycles. The molecule has 1 fully saturated rings. The molecule has 1 aliphatic rings. The third kappa shape index (κ3) is 7.05. The molecule has 3 heterocycles. The van der Waals surface area contributed by atoms with Crippen LogP contribution in [-0.4, -0.2) is 78.2 Å². The van der Waals surface area contributed by atoms with Crippen molar-refractivity contribution < 1.29 is 76.1 Å². The predicted octanol–water partition coefficient (Wildman–Crippen LogP) is 5.59. The Morgan fingerprint density at radius 1 is 0.826 bits per heavy atom. The van der Waals surface area contributed by atoms with Crippen LogP contribution in [0, 0.1) is 0 Å². The number of ether oxygens (including phenoxy) is 1. The van der Waals surface area contributed by atoms with E-state index >= 15 is 0 Å². The molecule has 2 aromatic heterocycles. The van der Waals surface area contributed by atoms with Gasteiger partial charge in [0.05, 0.1) is 17.4 Å². The predicted molar refractivity (Wildman–Crippen MR) is 132 cm³/mol. The van der Waals surface area contributed by atoms with Crippen LogP contribution in [0.2, 0.25) is 0 Å². The molecular formula is C24H18F12N4O5S. The molecule has 0 spiro atoms. The van der Waals surface area contributed by atoms with Crippen molar-refractivity contribution in [2.24, 2.45) is 0 Å². The summed E-state index contributed by atoms with van der Waals surface area (Å²) in [5, 5.41) is -6.51. The number of carbonyl (C=O) groups is 1. The Bertz CT molecular complexity index is 1580. The summed E-state index contributed by atoms with van der Waals surface area (Å²) in [5.41, 5.74) is 0.189. The molecular weight excluding hydrogens is 684 g/mol. The molecule has 9 nitrogen and oxygen atoms in total. The number of pyridine rings is 1. The normalized spacial score (nSPS) is 16.1. The Kier molecular flexibility index (Phi) is 10.1. The van der Waals surface area contributed by atoms with Crippen molar-refractivity contribution in [1.29, 1.82) is 0 Å². The molecule has 1 amide bonds. The van der Waals surface area contributed by atoms with Gasteiger partial charge in [0.15, 0.2) is 5.75 Å². The maximum Gasteiger partial charge on any atom is 0.573 e. The SMILES string of the molecule is O.O=C(c1ccc(OC(F)(F)F)cc1)N1CCC(c2ncnc3cc(OS(=O)C(F)(F)C(F)(F)C(F)(F)C(F)(F)F)cnc23)CC1. The number of nitrogens with zero attached hydrogens (tertiary/aromatic N) is 4. The van der Waals surface area contributed by atoms with Crippen LogP contribution in [-0.2, 0) is 11.1 Å². The lowest BCUT2D eigenvalue weighted by molar-refractivity contribution is -0.382. The van der Waals surface area contributed by atoms with E-state index in [2.05, 4.69) is 23.9 Å². The van der Waals surface area contributed by atoms with Crippen molar-refractivity contribution in [1.82, 2.24) is 19.9 Å². The number of benzene rings is 1. The maximum atomic E-state index is 13.9. The average Bonchev–Trinajstić information content (AvgIpc) is 2.95. The number of fused-ring (bicyclic) bond motifs is 1. The second-order valence-corrected chi connectivity index (χ2v) is 10.6. The van der Waals surface area contributed by atoms with Crippen LogP contribution in [0.1, 0.15) is 34.8 Å². The zero-order valence-corrected chi connectivity index (χ0v) is 23.1. The van der Waals surface area contributed by atoms with Crippen molar-refractivity contribution in [3.8, 4) is 11.5 Å². The average molecular weight is 702 g/mol. The fourth-order valence-corrected chi connectivity index (χ4v) is 4.94. The van der Waals surface area contributed by atoms with Crippen LogP contribution in [0.4, 0.5) is 52.7 Å². The van der Waals surface area contributed by atoms with Crippen LogP contribution in [0.3, 0.4) is 0 Å². The van der Waals surface area contributed by atoms with E-state index in [4.69, 9.17) is 0 Å². The number of rotatable bonds is 8. The van der Waals surface area contributed by atoms with Gasteiger partial charge in [-0.25, -0.2) is 19.2 Å². The monoisotopic (exact) mass is 702 g/mol. The van der Waals surface area contributed by atoms with Gasteiger partial charge in [0.1, 0.15) is 17.6 Å². The summed E-state index contributed by atoms with van der Waals surface area (Å²) in [6.07, 6.45) is -9.90.